The van der Waals surface area contributed by atoms with Gasteiger partial charge in [-0.3, -0.25) is 4.79 Å². The molecule has 0 aliphatic rings. The summed E-state index contributed by atoms with van der Waals surface area (Å²) in [5.74, 6) is -0.371. The van der Waals surface area contributed by atoms with Crippen LogP contribution >= 0.6 is 11.6 Å². The third-order valence-electron chi connectivity index (χ3n) is 4.00. The third-order valence-corrected chi connectivity index (χ3v) is 5.91. The minimum atomic E-state index is -3.83. The molecule has 0 saturated carbocycles. The van der Waals surface area contributed by atoms with Crippen LogP contribution in [0.4, 0.5) is 0 Å². The molecule has 0 aliphatic carbocycles. The van der Waals surface area contributed by atoms with Crippen LogP contribution in [-0.2, 0) is 23.1 Å². The van der Waals surface area contributed by atoms with Crippen molar-refractivity contribution in [3.05, 3.63) is 76.8 Å². The van der Waals surface area contributed by atoms with Crippen LogP contribution in [0.25, 0.3) is 0 Å². The highest BCUT2D eigenvalue weighted by atomic mass is 35.5. The van der Waals surface area contributed by atoms with Gasteiger partial charge in [-0.1, -0.05) is 41.9 Å². The smallest absolute Gasteiger partial charge is 0.251 e. The predicted octanol–water partition coefficient (Wildman–Crippen LogP) is 1.38. The molecule has 0 heterocycles. The first-order valence-electron chi connectivity index (χ1n) is 8.78. The number of nitrogens with one attached hydrogen (secondary N) is 3. The maximum atomic E-state index is 12.6. The van der Waals surface area contributed by atoms with E-state index >= 15 is 0 Å². The van der Waals surface area contributed by atoms with E-state index in [-0.39, 0.29) is 27.9 Å². The Balaban J connectivity index is 2.18. The van der Waals surface area contributed by atoms with Gasteiger partial charge in [-0.15, -0.1) is 6.58 Å². The summed E-state index contributed by atoms with van der Waals surface area (Å²) in [6.07, 6.45) is 1.43. The number of hydrogen-bond donors (Lipinski definition) is 3. The summed E-state index contributed by atoms with van der Waals surface area (Å²) in [5.41, 5.74) is 2.39. The Hall–Kier alpha value is -2.19. The summed E-state index contributed by atoms with van der Waals surface area (Å²) in [7, 11) is 0.290. The number of halogens is 1. The zero-order valence-electron chi connectivity index (χ0n) is 16.0. The van der Waals surface area contributed by atoms with Crippen LogP contribution in [0.2, 0.25) is 5.02 Å². The van der Waals surface area contributed by atoms with Gasteiger partial charge in [0.15, 0.2) is 0 Å². The van der Waals surface area contributed by atoms with Crippen molar-refractivity contribution in [3.63, 3.8) is 0 Å². The maximum absolute atomic E-state index is 12.6. The molecule has 0 aromatic heterocycles. The van der Waals surface area contributed by atoms with E-state index in [2.05, 4.69) is 30.7 Å². The van der Waals surface area contributed by atoms with Gasteiger partial charge in [0, 0.05) is 24.2 Å². The van der Waals surface area contributed by atoms with Gasteiger partial charge in [-0.25, -0.2) is 13.1 Å². The van der Waals surface area contributed by atoms with Crippen LogP contribution in [0.1, 0.15) is 21.5 Å². The van der Waals surface area contributed by atoms with Crippen LogP contribution in [0.3, 0.4) is 0 Å². The molecule has 8 heteroatoms. The number of sulfonamides is 1. The molecule has 6 nitrogen and oxygen atoms in total. The van der Waals surface area contributed by atoms with Crippen molar-refractivity contribution in [1.29, 1.82) is 0 Å². The largest absolute Gasteiger partial charge is 0.348 e. The van der Waals surface area contributed by atoms with E-state index in [0.717, 1.165) is 17.7 Å². The first-order chi connectivity index (χ1) is 13.2. The van der Waals surface area contributed by atoms with E-state index in [9.17, 15) is 13.2 Å². The van der Waals surface area contributed by atoms with Crippen molar-refractivity contribution in [2.45, 2.75) is 18.0 Å². The number of carbonyl (C=O) groups is 1. The fourth-order valence-corrected chi connectivity index (χ4v) is 4.18. The molecule has 0 atom stereocenters. The minimum absolute atomic E-state index is 0.0485. The van der Waals surface area contributed by atoms with Crippen molar-refractivity contribution in [1.82, 2.24) is 10.0 Å². The highest BCUT2D eigenvalue weighted by Crippen LogP contribution is 2.22. The molecule has 0 aliphatic heterocycles. The lowest BCUT2D eigenvalue weighted by molar-refractivity contribution is -0.872. The molecule has 1 amide bonds. The molecule has 0 unspecified atom stereocenters. The highest BCUT2D eigenvalue weighted by Gasteiger charge is 2.19. The number of rotatable bonds is 9. The topological polar surface area (TPSA) is 79.7 Å². The summed E-state index contributed by atoms with van der Waals surface area (Å²) in [6.45, 7) is 4.73. The second-order valence-corrected chi connectivity index (χ2v) is 8.76. The summed E-state index contributed by atoms with van der Waals surface area (Å²) in [5, 5.41) is 2.90. The molecule has 2 aromatic rings. The monoisotopic (exact) mass is 422 g/mol. The van der Waals surface area contributed by atoms with Crippen LogP contribution in [0.15, 0.2) is 60.0 Å². The van der Waals surface area contributed by atoms with Crippen LogP contribution in [-0.4, -0.2) is 35.0 Å². The fourth-order valence-electron chi connectivity index (χ4n) is 2.66. The molecule has 2 aromatic carbocycles. The molecule has 0 saturated heterocycles. The van der Waals surface area contributed by atoms with Gasteiger partial charge in [-0.2, -0.15) is 0 Å². The molecule has 0 radical (unpaired) electrons. The second-order valence-electron chi connectivity index (χ2n) is 6.62. The molecule has 0 fully saturated rings. The summed E-state index contributed by atoms with van der Waals surface area (Å²) >= 11 is 6.03. The quantitative estimate of drug-likeness (QED) is 0.534. The van der Waals surface area contributed by atoms with Crippen molar-refractivity contribution in [2.75, 3.05) is 20.6 Å². The van der Waals surface area contributed by atoms with Crippen molar-refractivity contribution < 1.29 is 18.1 Å². The summed E-state index contributed by atoms with van der Waals surface area (Å²) < 4.78 is 27.0. The number of amides is 1. The Kier molecular flexibility index (Phi) is 7.77. The van der Waals surface area contributed by atoms with Gasteiger partial charge in [0.1, 0.15) is 11.4 Å². The zero-order chi connectivity index (χ0) is 20.7. The zero-order valence-corrected chi connectivity index (χ0v) is 17.5. The van der Waals surface area contributed by atoms with Crippen molar-refractivity contribution in [3.8, 4) is 0 Å². The molecule has 0 bridgehead atoms. The average molecular weight is 423 g/mol. The van der Waals surface area contributed by atoms with Crippen LogP contribution < -0.4 is 14.9 Å². The van der Waals surface area contributed by atoms with E-state index in [1.807, 2.05) is 24.3 Å². The van der Waals surface area contributed by atoms with Gasteiger partial charge < -0.3 is 10.2 Å². The molecule has 0 spiro atoms. The minimum Gasteiger partial charge on any atom is -0.348 e. The first-order valence-corrected chi connectivity index (χ1v) is 10.6. The second kappa shape index (κ2) is 9.84. The Morgan fingerprint density at radius 2 is 1.86 bits per heavy atom. The summed E-state index contributed by atoms with van der Waals surface area (Å²) in [4.78, 5) is 13.7. The van der Waals surface area contributed by atoms with E-state index in [1.54, 1.807) is 0 Å². The van der Waals surface area contributed by atoms with Crippen LogP contribution in [0.5, 0.6) is 0 Å². The Morgan fingerprint density at radius 3 is 2.50 bits per heavy atom. The lowest BCUT2D eigenvalue weighted by Gasteiger charge is -2.13. The average Bonchev–Trinajstić information content (AvgIpc) is 2.65. The van der Waals surface area contributed by atoms with Crippen molar-refractivity contribution >= 4 is 27.5 Å². The standard InChI is InChI=1S/C20H24ClN3O3S/c1-4-11-23-28(26,27)19-12-15(9-10-18(19)21)20(25)22-13-16-7-5-6-8-17(16)14-24(2)3/h4-10,12,23H,1,11,13-14H2,2-3H3,(H,22,25)/p+1. The predicted molar refractivity (Wildman–Crippen MR) is 111 cm³/mol. The molecule has 28 heavy (non-hydrogen) atoms. The first kappa shape index (κ1) is 22.1. The van der Waals surface area contributed by atoms with Gasteiger partial charge >= 0.3 is 0 Å². The number of hydrogen-bond acceptors (Lipinski definition) is 3. The fraction of sp³-hybridized carbons (Fsp3) is 0.250. The van der Waals surface area contributed by atoms with E-state index in [4.69, 9.17) is 11.6 Å². The molecule has 2 rings (SSSR count). The Bertz CT molecular complexity index is 959. The Labute approximate surface area is 171 Å². The SMILES string of the molecule is C=CCNS(=O)(=O)c1cc(C(=O)NCc2ccccc2C[NH+](C)C)ccc1Cl. The van der Waals surface area contributed by atoms with E-state index < -0.39 is 10.0 Å². The van der Waals surface area contributed by atoms with Gasteiger partial charge in [-0.05, 0) is 23.8 Å². The summed E-state index contributed by atoms with van der Waals surface area (Å²) in [6, 6.07) is 12.1. The number of benzene rings is 2. The maximum Gasteiger partial charge on any atom is 0.251 e. The lowest BCUT2D eigenvalue weighted by Crippen LogP contribution is -3.04. The van der Waals surface area contributed by atoms with E-state index in [0.29, 0.717) is 6.54 Å². The third kappa shape index (κ3) is 5.90. The number of carbonyl (C=O) groups excluding carboxylic acids is 1. The van der Waals surface area contributed by atoms with Gasteiger partial charge in [0.2, 0.25) is 10.0 Å². The van der Waals surface area contributed by atoms with Gasteiger partial charge in [0.05, 0.1) is 19.1 Å². The molecular formula is C20H25ClN3O3S+. The molecule has 3 N–H and O–H groups in total. The number of quaternary nitrogens is 1. The Morgan fingerprint density at radius 1 is 1.18 bits per heavy atom. The normalized spacial score (nSPS) is 11.4. The molecule has 150 valence electrons. The lowest BCUT2D eigenvalue weighted by atomic mass is 10.1. The molecular weight excluding hydrogens is 398 g/mol. The van der Waals surface area contributed by atoms with Gasteiger partial charge in [0.25, 0.3) is 5.91 Å². The highest BCUT2D eigenvalue weighted by molar-refractivity contribution is 7.89. The van der Waals surface area contributed by atoms with Crippen LogP contribution in [0, 0.1) is 0 Å². The van der Waals surface area contributed by atoms with E-state index in [1.165, 1.54) is 29.2 Å². The van der Waals surface area contributed by atoms with Crippen molar-refractivity contribution in [2.24, 2.45) is 0 Å².